The second-order valence-electron chi connectivity index (χ2n) is 4.15. The first-order chi connectivity index (χ1) is 8.35. The van der Waals surface area contributed by atoms with Crippen molar-refractivity contribution >= 4 is 0 Å². The Kier molecular flexibility index (Phi) is 11.9. The summed E-state index contributed by atoms with van der Waals surface area (Å²) in [5.74, 6) is 0. The van der Waals surface area contributed by atoms with Crippen LogP contribution < -0.4 is 0 Å². The minimum Gasteiger partial charge on any atom is -0.355 e. The van der Waals surface area contributed by atoms with Gasteiger partial charge in [0.25, 0.3) is 0 Å². The van der Waals surface area contributed by atoms with E-state index in [2.05, 4.69) is 31.2 Å². The van der Waals surface area contributed by atoms with Crippen molar-refractivity contribution in [1.29, 1.82) is 0 Å². The zero-order valence-electron chi connectivity index (χ0n) is 11.3. The smallest absolute Gasteiger partial charge is 0.0219 e. The van der Waals surface area contributed by atoms with Gasteiger partial charge < -0.3 is 4.90 Å². The summed E-state index contributed by atoms with van der Waals surface area (Å²) in [6, 6.07) is 0. The van der Waals surface area contributed by atoms with Gasteiger partial charge >= 0.3 is 0 Å². The fourth-order valence-electron chi connectivity index (χ4n) is 1.60. The largest absolute Gasteiger partial charge is 0.355 e. The summed E-state index contributed by atoms with van der Waals surface area (Å²) in [5.41, 5.74) is 0. The van der Waals surface area contributed by atoms with Gasteiger partial charge in [0, 0.05) is 12.7 Å². The standard InChI is InChI=1S/C16H27N/c1-4-7-9-11-12-14-16-17(6-3)15-13-10-8-5-2/h5-6,8,10,13,15H,2-4,7,9,11-12,14,16H2,1H3/b10-8-,15-13-. The highest BCUT2D eigenvalue weighted by Gasteiger charge is 1.93. The summed E-state index contributed by atoms with van der Waals surface area (Å²) in [6.07, 6.45) is 19.6. The van der Waals surface area contributed by atoms with E-state index in [0.717, 1.165) is 6.54 Å². The molecule has 1 nitrogen and oxygen atoms in total. The van der Waals surface area contributed by atoms with Gasteiger partial charge in [-0.3, -0.25) is 0 Å². The van der Waals surface area contributed by atoms with Gasteiger partial charge in [-0.2, -0.15) is 0 Å². The Balaban J connectivity index is 3.60. The normalized spacial score (nSPS) is 11.1. The maximum Gasteiger partial charge on any atom is 0.0219 e. The average molecular weight is 233 g/mol. The number of hydrogen-bond donors (Lipinski definition) is 0. The molecule has 0 saturated heterocycles. The first-order valence-electron chi connectivity index (χ1n) is 6.69. The van der Waals surface area contributed by atoms with Crippen molar-refractivity contribution < 1.29 is 0 Å². The predicted molar refractivity (Wildman–Crippen MR) is 78.8 cm³/mol. The summed E-state index contributed by atoms with van der Waals surface area (Å²) >= 11 is 0. The van der Waals surface area contributed by atoms with Crippen LogP contribution in [0.3, 0.4) is 0 Å². The Bertz CT molecular complexity index is 238. The topological polar surface area (TPSA) is 3.24 Å². The third-order valence-electron chi connectivity index (χ3n) is 2.64. The van der Waals surface area contributed by atoms with Crippen LogP contribution in [0.25, 0.3) is 0 Å². The van der Waals surface area contributed by atoms with E-state index in [9.17, 15) is 0 Å². The fourth-order valence-corrected chi connectivity index (χ4v) is 1.60. The molecule has 0 aliphatic heterocycles. The van der Waals surface area contributed by atoms with E-state index < -0.39 is 0 Å². The molecule has 1 heteroatoms. The lowest BCUT2D eigenvalue weighted by Crippen LogP contribution is -2.10. The van der Waals surface area contributed by atoms with Gasteiger partial charge in [-0.1, -0.05) is 70.4 Å². The summed E-state index contributed by atoms with van der Waals surface area (Å²) < 4.78 is 0. The first kappa shape index (κ1) is 15.8. The van der Waals surface area contributed by atoms with E-state index in [1.807, 2.05) is 24.4 Å². The molecule has 0 aliphatic rings. The van der Waals surface area contributed by atoms with E-state index in [1.54, 1.807) is 6.08 Å². The zero-order chi connectivity index (χ0) is 12.8. The van der Waals surface area contributed by atoms with Crippen molar-refractivity contribution in [3.63, 3.8) is 0 Å². The number of allylic oxidation sites excluding steroid dienone is 4. The van der Waals surface area contributed by atoms with Gasteiger partial charge in [0.2, 0.25) is 0 Å². The van der Waals surface area contributed by atoms with E-state index in [1.165, 1.54) is 38.5 Å². The molecule has 0 aliphatic carbocycles. The molecule has 0 atom stereocenters. The summed E-state index contributed by atoms with van der Waals surface area (Å²) in [6.45, 7) is 10.8. The van der Waals surface area contributed by atoms with Crippen molar-refractivity contribution in [1.82, 2.24) is 4.90 Å². The monoisotopic (exact) mass is 233 g/mol. The van der Waals surface area contributed by atoms with E-state index in [-0.39, 0.29) is 0 Å². The van der Waals surface area contributed by atoms with Crippen molar-refractivity contribution in [2.45, 2.75) is 45.4 Å². The molecule has 0 fully saturated rings. The molecule has 0 aromatic heterocycles. The quantitative estimate of drug-likeness (QED) is 0.356. The van der Waals surface area contributed by atoms with Gasteiger partial charge in [-0.25, -0.2) is 0 Å². The summed E-state index contributed by atoms with van der Waals surface area (Å²) in [7, 11) is 0. The molecule has 0 spiro atoms. The molecule has 0 radical (unpaired) electrons. The molecule has 0 unspecified atom stereocenters. The SMILES string of the molecule is C=C/C=C\C=C/N(C=C)CCCCCCCC. The molecule has 0 saturated carbocycles. The molecule has 0 N–H and O–H groups in total. The maximum atomic E-state index is 3.82. The Morgan fingerprint density at radius 2 is 1.59 bits per heavy atom. The lowest BCUT2D eigenvalue weighted by molar-refractivity contribution is 0.467. The Hall–Kier alpha value is -1.24. The van der Waals surface area contributed by atoms with Crippen molar-refractivity contribution in [2.24, 2.45) is 0 Å². The second-order valence-corrected chi connectivity index (χ2v) is 4.15. The number of unbranched alkanes of at least 4 members (excludes halogenated alkanes) is 5. The third kappa shape index (κ3) is 11.0. The van der Waals surface area contributed by atoms with E-state index in [0.29, 0.717) is 0 Å². The van der Waals surface area contributed by atoms with Gasteiger partial charge in [0.1, 0.15) is 0 Å². The zero-order valence-corrected chi connectivity index (χ0v) is 11.3. The summed E-state index contributed by atoms with van der Waals surface area (Å²) in [4.78, 5) is 2.13. The molecule has 0 amide bonds. The second kappa shape index (κ2) is 12.8. The maximum absolute atomic E-state index is 3.82. The van der Waals surface area contributed by atoms with Crippen LogP contribution in [0.5, 0.6) is 0 Å². The van der Waals surface area contributed by atoms with Crippen molar-refractivity contribution in [2.75, 3.05) is 6.54 Å². The van der Waals surface area contributed by atoms with Crippen LogP contribution >= 0.6 is 0 Å². The lowest BCUT2D eigenvalue weighted by atomic mass is 10.1. The molecule has 0 rings (SSSR count). The molecular weight excluding hydrogens is 206 g/mol. The number of rotatable bonds is 11. The fraction of sp³-hybridized carbons (Fsp3) is 0.500. The summed E-state index contributed by atoms with van der Waals surface area (Å²) in [5, 5.41) is 0. The molecule has 96 valence electrons. The van der Waals surface area contributed by atoms with Gasteiger partial charge in [-0.15, -0.1) is 0 Å². The number of nitrogens with zero attached hydrogens (tertiary/aromatic N) is 1. The Labute approximate surface area is 107 Å². The van der Waals surface area contributed by atoms with Crippen LogP contribution in [0.2, 0.25) is 0 Å². The predicted octanol–water partition coefficient (Wildman–Crippen LogP) is 5.05. The van der Waals surface area contributed by atoms with Crippen LogP contribution in [-0.2, 0) is 0 Å². The van der Waals surface area contributed by atoms with Crippen LogP contribution in [0.1, 0.15) is 45.4 Å². The molecule has 0 aromatic rings. The number of hydrogen-bond acceptors (Lipinski definition) is 1. The average Bonchev–Trinajstić information content (AvgIpc) is 2.36. The van der Waals surface area contributed by atoms with Gasteiger partial charge in [-0.05, 0) is 18.7 Å². The Morgan fingerprint density at radius 3 is 2.24 bits per heavy atom. The van der Waals surface area contributed by atoms with Crippen LogP contribution in [-0.4, -0.2) is 11.4 Å². The highest BCUT2D eigenvalue weighted by Crippen LogP contribution is 2.06. The van der Waals surface area contributed by atoms with Crippen LogP contribution in [0, 0.1) is 0 Å². The minimum atomic E-state index is 1.06. The molecule has 0 heterocycles. The van der Waals surface area contributed by atoms with Gasteiger partial charge in [0.15, 0.2) is 0 Å². The highest BCUT2D eigenvalue weighted by atomic mass is 15.1. The van der Waals surface area contributed by atoms with E-state index in [4.69, 9.17) is 0 Å². The minimum absolute atomic E-state index is 1.06. The molecular formula is C16H27N. The van der Waals surface area contributed by atoms with Gasteiger partial charge in [0.05, 0.1) is 0 Å². The Morgan fingerprint density at radius 1 is 0.882 bits per heavy atom. The molecule has 0 aromatic carbocycles. The lowest BCUT2D eigenvalue weighted by Gasteiger charge is -2.14. The molecule has 0 bridgehead atoms. The first-order valence-corrected chi connectivity index (χ1v) is 6.69. The third-order valence-corrected chi connectivity index (χ3v) is 2.64. The molecule has 17 heavy (non-hydrogen) atoms. The van der Waals surface area contributed by atoms with Crippen molar-refractivity contribution in [3.8, 4) is 0 Å². The van der Waals surface area contributed by atoms with Crippen molar-refractivity contribution in [3.05, 3.63) is 49.9 Å². The van der Waals surface area contributed by atoms with E-state index >= 15 is 0 Å². The van der Waals surface area contributed by atoms with Crippen LogP contribution in [0.15, 0.2) is 49.9 Å². The highest BCUT2D eigenvalue weighted by molar-refractivity contribution is 5.09. The van der Waals surface area contributed by atoms with Crippen LogP contribution in [0.4, 0.5) is 0 Å².